The number of nitrogens with one attached hydrogen (secondary N) is 1. The predicted octanol–water partition coefficient (Wildman–Crippen LogP) is 3.23. The highest BCUT2D eigenvalue weighted by atomic mass is 16.5. The van der Waals surface area contributed by atoms with Gasteiger partial charge in [0.25, 0.3) is 0 Å². The van der Waals surface area contributed by atoms with Gasteiger partial charge < -0.3 is 15.5 Å². The van der Waals surface area contributed by atoms with Gasteiger partial charge in [-0.05, 0) is 44.2 Å². The van der Waals surface area contributed by atoms with Crippen LogP contribution in [0.1, 0.15) is 33.3 Å². The summed E-state index contributed by atoms with van der Waals surface area (Å²) in [6, 6.07) is 14.1. The Kier molecular flexibility index (Phi) is 4.08. The van der Waals surface area contributed by atoms with Gasteiger partial charge in [0.1, 0.15) is 5.75 Å². The summed E-state index contributed by atoms with van der Waals surface area (Å²) >= 11 is 0. The largest absolute Gasteiger partial charge is 0.483 e. The zero-order valence-corrected chi connectivity index (χ0v) is 13.5. The average Bonchev–Trinajstić information content (AvgIpc) is 2.90. The first-order chi connectivity index (χ1) is 11.5. The molecule has 0 saturated heterocycles. The Morgan fingerprint density at radius 2 is 1.75 bits per heavy atom. The number of rotatable bonds is 5. The summed E-state index contributed by atoms with van der Waals surface area (Å²) in [5.41, 5.74) is 8.00. The molecule has 5 nitrogen and oxygen atoms in total. The summed E-state index contributed by atoms with van der Waals surface area (Å²) in [7, 11) is 0. The van der Waals surface area contributed by atoms with E-state index < -0.39 is 12.0 Å². The lowest BCUT2D eigenvalue weighted by molar-refractivity contribution is 0.0818. The molecule has 2 aromatic carbocycles. The number of ketones is 1. The highest BCUT2D eigenvalue weighted by Gasteiger charge is 2.22. The standard InChI is InChI=1S/C19H18N2O3/c1-11-17(15-5-3-4-6-16(15)21-11)18(22)12(2)24-14-9-7-13(8-10-14)19(20)23/h3-10,12,21H,1-2H3,(H2,20,23)/t12-/m1/s1. The van der Waals surface area contributed by atoms with E-state index in [1.165, 1.54) is 0 Å². The number of fused-ring (bicyclic) bond motifs is 1. The van der Waals surface area contributed by atoms with E-state index in [-0.39, 0.29) is 5.78 Å². The van der Waals surface area contributed by atoms with Crippen LogP contribution in [0.25, 0.3) is 10.9 Å². The molecule has 1 atom stereocenters. The number of carbonyl (C=O) groups is 2. The molecule has 24 heavy (non-hydrogen) atoms. The van der Waals surface area contributed by atoms with Gasteiger partial charge in [0, 0.05) is 27.7 Å². The number of H-pyrrole nitrogens is 1. The molecule has 0 saturated carbocycles. The third kappa shape index (κ3) is 2.88. The molecule has 3 aromatic rings. The van der Waals surface area contributed by atoms with Gasteiger partial charge in [0.15, 0.2) is 6.10 Å². The fraction of sp³-hybridized carbons (Fsp3) is 0.158. The molecular formula is C19H18N2O3. The molecule has 0 bridgehead atoms. The number of nitrogens with two attached hydrogens (primary N) is 1. The summed E-state index contributed by atoms with van der Waals surface area (Å²) in [6.07, 6.45) is -0.651. The molecule has 1 aromatic heterocycles. The van der Waals surface area contributed by atoms with Crippen molar-refractivity contribution in [2.45, 2.75) is 20.0 Å². The topological polar surface area (TPSA) is 85.2 Å². The molecule has 5 heteroatoms. The van der Waals surface area contributed by atoms with Gasteiger partial charge in [-0.15, -0.1) is 0 Å². The van der Waals surface area contributed by atoms with Gasteiger partial charge in [-0.1, -0.05) is 18.2 Å². The highest BCUT2D eigenvalue weighted by Crippen LogP contribution is 2.24. The number of primary amides is 1. The van der Waals surface area contributed by atoms with E-state index in [1.807, 2.05) is 31.2 Å². The molecular weight excluding hydrogens is 304 g/mol. The van der Waals surface area contributed by atoms with Gasteiger partial charge in [-0.3, -0.25) is 9.59 Å². The normalized spacial score (nSPS) is 12.1. The van der Waals surface area contributed by atoms with Crippen LogP contribution in [0.3, 0.4) is 0 Å². The summed E-state index contributed by atoms with van der Waals surface area (Å²) in [5, 5.41) is 0.888. The first kappa shape index (κ1) is 15.8. The molecule has 0 fully saturated rings. The van der Waals surface area contributed by atoms with Crippen molar-refractivity contribution in [3.05, 3.63) is 65.4 Å². The molecule has 0 unspecified atom stereocenters. The van der Waals surface area contributed by atoms with Crippen LogP contribution in [0.5, 0.6) is 5.75 Å². The van der Waals surface area contributed by atoms with Crippen LogP contribution >= 0.6 is 0 Å². The van der Waals surface area contributed by atoms with Crippen LogP contribution in [-0.4, -0.2) is 22.8 Å². The minimum Gasteiger partial charge on any atom is -0.483 e. The second kappa shape index (κ2) is 6.20. The number of aromatic nitrogens is 1. The molecule has 122 valence electrons. The number of para-hydroxylation sites is 1. The predicted molar refractivity (Wildman–Crippen MR) is 92.4 cm³/mol. The highest BCUT2D eigenvalue weighted by molar-refractivity contribution is 6.11. The van der Waals surface area contributed by atoms with Crippen LogP contribution in [-0.2, 0) is 0 Å². The zero-order valence-electron chi connectivity index (χ0n) is 13.5. The molecule has 0 aliphatic heterocycles. The molecule has 0 radical (unpaired) electrons. The maximum absolute atomic E-state index is 12.8. The smallest absolute Gasteiger partial charge is 0.248 e. The van der Waals surface area contributed by atoms with Crippen molar-refractivity contribution in [1.29, 1.82) is 0 Å². The second-order valence-electron chi connectivity index (χ2n) is 5.68. The average molecular weight is 322 g/mol. The maximum atomic E-state index is 12.8. The summed E-state index contributed by atoms with van der Waals surface area (Å²) in [4.78, 5) is 27.1. The molecule has 1 heterocycles. The summed E-state index contributed by atoms with van der Waals surface area (Å²) in [5.74, 6) is -0.0811. The fourth-order valence-electron chi connectivity index (χ4n) is 2.75. The van der Waals surface area contributed by atoms with Crippen molar-refractivity contribution in [2.24, 2.45) is 5.73 Å². The van der Waals surface area contributed by atoms with E-state index in [0.29, 0.717) is 16.9 Å². The van der Waals surface area contributed by atoms with Crippen molar-refractivity contribution < 1.29 is 14.3 Å². The van der Waals surface area contributed by atoms with Gasteiger partial charge >= 0.3 is 0 Å². The van der Waals surface area contributed by atoms with E-state index >= 15 is 0 Å². The minimum atomic E-state index is -0.651. The van der Waals surface area contributed by atoms with E-state index in [2.05, 4.69) is 4.98 Å². The van der Waals surface area contributed by atoms with E-state index in [9.17, 15) is 9.59 Å². The number of amides is 1. The van der Waals surface area contributed by atoms with E-state index in [4.69, 9.17) is 10.5 Å². The van der Waals surface area contributed by atoms with Crippen molar-refractivity contribution in [3.8, 4) is 5.75 Å². The Balaban J connectivity index is 1.84. The summed E-state index contributed by atoms with van der Waals surface area (Å²) in [6.45, 7) is 3.59. The molecule has 3 rings (SSSR count). The van der Waals surface area contributed by atoms with Crippen LogP contribution in [0.2, 0.25) is 0 Å². The quantitative estimate of drug-likeness (QED) is 0.707. The Bertz CT molecular complexity index is 910. The zero-order chi connectivity index (χ0) is 17.3. The minimum absolute atomic E-state index is 0.0936. The van der Waals surface area contributed by atoms with Gasteiger partial charge in [0.05, 0.1) is 0 Å². The number of Topliss-reactive ketones (excluding diaryl/α,β-unsaturated/α-hetero) is 1. The molecule has 1 amide bonds. The number of hydrogen-bond acceptors (Lipinski definition) is 3. The van der Waals surface area contributed by atoms with Crippen LogP contribution in [0, 0.1) is 6.92 Å². The fourth-order valence-corrected chi connectivity index (χ4v) is 2.75. The lowest BCUT2D eigenvalue weighted by Crippen LogP contribution is -2.24. The number of aryl methyl sites for hydroxylation is 1. The van der Waals surface area contributed by atoms with Gasteiger partial charge in [-0.2, -0.15) is 0 Å². The SMILES string of the molecule is Cc1[nH]c2ccccc2c1C(=O)[C@@H](C)Oc1ccc(C(N)=O)cc1. The van der Waals surface area contributed by atoms with Gasteiger partial charge in [0.2, 0.25) is 11.7 Å². The number of aromatic amines is 1. The third-order valence-corrected chi connectivity index (χ3v) is 3.96. The summed E-state index contributed by atoms with van der Waals surface area (Å²) < 4.78 is 5.72. The van der Waals surface area contributed by atoms with Crippen LogP contribution < -0.4 is 10.5 Å². The van der Waals surface area contributed by atoms with Crippen molar-refractivity contribution in [3.63, 3.8) is 0 Å². The van der Waals surface area contributed by atoms with E-state index in [0.717, 1.165) is 16.6 Å². The Labute approximate surface area is 139 Å². The third-order valence-electron chi connectivity index (χ3n) is 3.96. The Morgan fingerprint density at radius 1 is 1.08 bits per heavy atom. The molecule has 0 aliphatic carbocycles. The van der Waals surface area contributed by atoms with Crippen LogP contribution in [0.15, 0.2) is 48.5 Å². The monoisotopic (exact) mass is 322 g/mol. The maximum Gasteiger partial charge on any atom is 0.248 e. The lowest BCUT2D eigenvalue weighted by Gasteiger charge is -2.14. The van der Waals surface area contributed by atoms with Crippen LogP contribution in [0.4, 0.5) is 0 Å². The van der Waals surface area contributed by atoms with Crippen molar-refractivity contribution >= 4 is 22.6 Å². The first-order valence-electron chi connectivity index (χ1n) is 7.65. The number of carbonyl (C=O) groups excluding carboxylic acids is 2. The number of benzene rings is 2. The second-order valence-corrected chi connectivity index (χ2v) is 5.68. The number of hydrogen-bond donors (Lipinski definition) is 2. The molecule has 0 aliphatic rings. The van der Waals surface area contributed by atoms with Crippen molar-refractivity contribution in [2.75, 3.05) is 0 Å². The van der Waals surface area contributed by atoms with Gasteiger partial charge in [-0.25, -0.2) is 0 Å². The Morgan fingerprint density at radius 3 is 2.42 bits per heavy atom. The van der Waals surface area contributed by atoms with E-state index in [1.54, 1.807) is 31.2 Å². The first-order valence-corrected chi connectivity index (χ1v) is 7.65. The Hall–Kier alpha value is -3.08. The number of ether oxygens (including phenoxy) is 1. The molecule has 3 N–H and O–H groups in total. The lowest BCUT2D eigenvalue weighted by atomic mass is 10.0. The van der Waals surface area contributed by atoms with Crippen molar-refractivity contribution in [1.82, 2.24) is 4.98 Å². The molecule has 0 spiro atoms.